The van der Waals surface area contributed by atoms with Crippen LogP contribution in [0.25, 0.3) is 0 Å². The van der Waals surface area contributed by atoms with Crippen LogP contribution in [-0.4, -0.2) is 66.6 Å². The molecule has 7 heteroatoms. The molecule has 2 saturated heterocycles. The number of carbonyl (C=O) groups is 1. The minimum absolute atomic E-state index is 0.0153. The summed E-state index contributed by atoms with van der Waals surface area (Å²) in [5.74, 6) is 0.691. The molecule has 2 aliphatic heterocycles. The molecule has 1 aromatic heterocycles. The molecule has 134 valence electrons. The second-order valence-corrected chi connectivity index (χ2v) is 6.85. The summed E-state index contributed by atoms with van der Waals surface area (Å²) in [6, 6.07) is 0.319. The van der Waals surface area contributed by atoms with E-state index in [4.69, 9.17) is 9.47 Å². The molecule has 1 unspecified atom stereocenters. The first-order valence-corrected chi connectivity index (χ1v) is 8.84. The van der Waals surface area contributed by atoms with E-state index in [1.807, 2.05) is 13.8 Å². The van der Waals surface area contributed by atoms with Gasteiger partial charge in [0.25, 0.3) is 0 Å². The summed E-state index contributed by atoms with van der Waals surface area (Å²) in [6.45, 7) is 8.15. The lowest BCUT2D eigenvalue weighted by atomic mass is 9.91. The van der Waals surface area contributed by atoms with E-state index in [0.717, 1.165) is 56.1 Å². The molecule has 0 aliphatic carbocycles. The summed E-state index contributed by atoms with van der Waals surface area (Å²) in [7, 11) is 0. The molecule has 0 aromatic carbocycles. The van der Waals surface area contributed by atoms with E-state index >= 15 is 0 Å². The first-order valence-electron chi connectivity index (χ1n) is 8.84. The van der Waals surface area contributed by atoms with E-state index in [9.17, 15) is 4.79 Å². The van der Waals surface area contributed by atoms with E-state index < -0.39 is 0 Å². The molecule has 3 rings (SSSR count). The predicted octanol–water partition coefficient (Wildman–Crippen LogP) is 1.48. The molecule has 1 atom stereocenters. The molecule has 0 bridgehead atoms. The third-order valence-electron chi connectivity index (χ3n) is 5.03. The van der Waals surface area contributed by atoms with Gasteiger partial charge in [0.05, 0.1) is 36.8 Å². The standard InChI is InChI=1S/C17H28N4O3/c1-12-17(13(2)20-19-12)18-16(22)10-21-5-8-24-11-15(21)9-14-3-6-23-7-4-14/h14-15H,3-11H2,1-2H3,(H,18,22)(H,19,20). The number of ether oxygens (including phenoxy) is 2. The molecule has 2 aliphatic rings. The fourth-order valence-electron chi connectivity index (χ4n) is 3.58. The molecule has 3 heterocycles. The quantitative estimate of drug-likeness (QED) is 0.851. The number of hydrogen-bond donors (Lipinski definition) is 2. The van der Waals surface area contributed by atoms with Crippen LogP contribution in [0.2, 0.25) is 0 Å². The Kier molecular flexibility index (Phi) is 5.86. The van der Waals surface area contributed by atoms with Gasteiger partial charge in [0.2, 0.25) is 5.91 Å². The van der Waals surface area contributed by atoms with Crippen molar-refractivity contribution in [1.82, 2.24) is 15.1 Å². The maximum atomic E-state index is 12.5. The van der Waals surface area contributed by atoms with Crippen LogP contribution >= 0.6 is 0 Å². The summed E-state index contributed by atoms with van der Waals surface area (Å²) in [6.07, 6.45) is 3.31. The molecular weight excluding hydrogens is 308 g/mol. The minimum atomic E-state index is 0.0153. The number of carbonyl (C=O) groups excluding carboxylic acids is 1. The van der Waals surface area contributed by atoms with Crippen LogP contribution in [-0.2, 0) is 14.3 Å². The van der Waals surface area contributed by atoms with Crippen LogP contribution in [0.5, 0.6) is 0 Å². The Morgan fingerprint density at radius 1 is 1.29 bits per heavy atom. The highest BCUT2D eigenvalue weighted by molar-refractivity contribution is 5.93. The summed E-state index contributed by atoms with van der Waals surface area (Å²) >= 11 is 0. The zero-order chi connectivity index (χ0) is 16.9. The number of anilines is 1. The number of aromatic nitrogens is 2. The van der Waals surface area contributed by atoms with Crippen molar-refractivity contribution < 1.29 is 14.3 Å². The largest absolute Gasteiger partial charge is 0.381 e. The van der Waals surface area contributed by atoms with Gasteiger partial charge >= 0.3 is 0 Å². The number of aryl methyl sites for hydroxylation is 2. The average molecular weight is 336 g/mol. The summed E-state index contributed by atoms with van der Waals surface area (Å²) < 4.78 is 11.1. The summed E-state index contributed by atoms with van der Waals surface area (Å²) in [4.78, 5) is 14.7. The van der Waals surface area contributed by atoms with E-state index in [2.05, 4.69) is 20.4 Å². The topological polar surface area (TPSA) is 79.5 Å². The van der Waals surface area contributed by atoms with Gasteiger partial charge in [-0.15, -0.1) is 0 Å². The van der Waals surface area contributed by atoms with Gasteiger partial charge in [-0.1, -0.05) is 0 Å². The zero-order valence-electron chi connectivity index (χ0n) is 14.6. The molecule has 24 heavy (non-hydrogen) atoms. The van der Waals surface area contributed by atoms with Gasteiger partial charge in [0.15, 0.2) is 0 Å². The molecule has 7 nitrogen and oxygen atoms in total. The van der Waals surface area contributed by atoms with Crippen LogP contribution in [0.15, 0.2) is 0 Å². The second kappa shape index (κ2) is 8.09. The fourth-order valence-corrected chi connectivity index (χ4v) is 3.58. The van der Waals surface area contributed by atoms with Gasteiger partial charge in [-0.25, -0.2) is 0 Å². The molecule has 1 amide bonds. The van der Waals surface area contributed by atoms with Crippen LogP contribution in [0.4, 0.5) is 5.69 Å². The smallest absolute Gasteiger partial charge is 0.238 e. The van der Waals surface area contributed by atoms with Gasteiger partial charge in [-0.05, 0) is 39.0 Å². The van der Waals surface area contributed by atoms with Crippen LogP contribution < -0.4 is 5.32 Å². The number of rotatable bonds is 5. The number of nitrogens with one attached hydrogen (secondary N) is 2. The minimum Gasteiger partial charge on any atom is -0.381 e. The van der Waals surface area contributed by atoms with Gasteiger partial charge < -0.3 is 14.8 Å². The number of nitrogens with zero attached hydrogens (tertiary/aromatic N) is 2. The Morgan fingerprint density at radius 3 is 2.79 bits per heavy atom. The van der Waals surface area contributed by atoms with Crippen molar-refractivity contribution in [3.05, 3.63) is 11.4 Å². The van der Waals surface area contributed by atoms with Crippen molar-refractivity contribution in [2.45, 2.75) is 39.2 Å². The lowest BCUT2D eigenvalue weighted by Crippen LogP contribution is -2.49. The molecule has 1 aromatic rings. The van der Waals surface area contributed by atoms with Crippen molar-refractivity contribution >= 4 is 11.6 Å². The molecule has 0 saturated carbocycles. The third kappa shape index (κ3) is 4.34. The van der Waals surface area contributed by atoms with Crippen LogP contribution in [0.1, 0.15) is 30.7 Å². The lowest BCUT2D eigenvalue weighted by molar-refractivity contribution is -0.120. The molecule has 0 radical (unpaired) electrons. The van der Waals surface area contributed by atoms with Crippen molar-refractivity contribution in [1.29, 1.82) is 0 Å². The van der Waals surface area contributed by atoms with Crippen molar-refractivity contribution in [2.75, 3.05) is 44.8 Å². The van der Waals surface area contributed by atoms with Crippen molar-refractivity contribution in [2.24, 2.45) is 5.92 Å². The SMILES string of the molecule is Cc1n[nH]c(C)c1NC(=O)CN1CCOCC1CC1CCOCC1. The highest BCUT2D eigenvalue weighted by Gasteiger charge is 2.28. The van der Waals surface area contributed by atoms with Crippen LogP contribution in [0.3, 0.4) is 0 Å². The molecule has 2 fully saturated rings. The Hall–Kier alpha value is -1.44. The van der Waals surface area contributed by atoms with Gasteiger partial charge in [-0.3, -0.25) is 14.8 Å². The molecule has 0 spiro atoms. The average Bonchev–Trinajstić information content (AvgIpc) is 2.89. The van der Waals surface area contributed by atoms with Gasteiger partial charge in [-0.2, -0.15) is 5.10 Å². The molecular formula is C17H28N4O3. The van der Waals surface area contributed by atoms with E-state index in [0.29, 0.717) is 31.7 Å². The number of amides is 1. The highest BCUT2D eigenvalue weighted by Crippen LogP contribution is 2.24. The summed E-state index contributed by atoms with van der Waals surface area (Å²) in [5.41, 5.74) is 2.51. The maximum absolute atomic E-state index is 12.5. The summed E-state index contributed by atoms with van der Waals surface area (Å²) in [5, 5.41) is 10.0. The lowest BCUT2D eigenvalue weighted by Gasteiger charge is -2.37. The number of H-pyrrole nitrogens is 1. The normalized spacial score (nSPS) is 23.3. The van der Waals surface area contributed by atoms with E-state index in [1.54, 1.807) is 0 Å². The first kappa shape index (κ1) is 17.4. The number of hydrogen-bond acceptors (Lipinski definition) is 5. The number of aromatic amines is 1. The Balaban J connectivity index is 1.55. The second-order valence-electron chi connectivity index (χ2n) is 6.85. The number of morpholine rings is 1. The molecule has 2 N–H and O–H groups in total. The van der Waals surface area contributed by atoms with Crippen LogP contribution in [0, 0.1) is 19.8 Å². The fraction of sp³-hybridized carbons (Fsp3) is 0.765. The Labute approximate surface area is 143 Å². The Morgan fingerprint density at radius 2 is 2.08 bits per heavy atom. The monoisotopic (exact) mass is 336 g/mol. The first-order chi connectivity index (χ1) is 11.6. The van der Waals surface area contributed by atoms with Crippen molar-refractivity contribution in [3.63, 3.8) is 0 Å². The van der Waals surface area contributed by atoms with Gasteiger partial charge in [0.1, 0.15) is 0 Å². The van der Waals surface area contributed by atoms with E-state index in [1.165, 1.54) is 0 Å². The van der Waals surface area contributed by atoms with E-state index in [-0.39, 0.29) is 5.91 Å². The van der Waals surface area contributed by atoms with Gasteiger partial charge in [0, 0.05) is 25.8 Å². The predicted molar refractivity (Wildman–Crippen MR) is 91.0 cm³/mol. The highest BCUT2D eigenvalue weighted by atomic mass is 16.5. The zero-order valence-corrected chi connectivity index (χ0v) is 14.6. The van der Waals surface area contributed by atoms with Crippen molar-refractivity contribution in [3.8, 4) is 0 Å². The maximum Gasteiger partial charge on any atom is 0.238 e. The third-order valence-corrected chi connectivity index (χ3v) is 5.03. The Bertz CT molecular complexity index is 535.